The standard InChI is InChI=1S/C12H15N3O4/c1-7-8(12(18)19)4-5-9(14-7)11(17)13-6-10(16)15(2)3/h4-5H,6H2,1-3H3,(H,13,17)(H,18,19). The van der Waals surface area contributed by atoms with Gasteiger partial charge in [-0.3, -0.25) is 9.59 Å². The number of rotatable bonds is 4. The van der Waals surface area contributed by atoms with Gasteiger partial charge in [0.25, 0.3) is 5.91 Å². The normalized spacial score (nSPS) is 9.84. The Labute approximate surface area is 110 Å². The van der Waals surface area contributed by atoms with E-state index in [1.165, 1.54) is 24.0 Å². The molecule has 7 nitrogen and oxygen atoms in total. The van der Waals surface area contributed by atoms with Crippen molar-refractivity contribution in [3.05, 3.63) is 29.1 Å². The van der Waals surface area contributed by atoms with Crippen LogP contribution in [0.2, 0.25) is 0 Å². The Morgan fingerprint density at radius 3 is 2.42 bits per heavy atom. The maximum atomic E-state index is 11.7. The van der Waals surface area contributed by atoms with Crippen molar-refractivity contribution in [3.8, 4) is 0 Å². The molecule has 0 unspecified atom stereocenters. The van der Waals surface area contributed by atoms with E-state index in [1.54, 1.807) is 14.1 Å². The van der Waals surface area contributed by atoms with Crippen LogP contribution in [0.5, 0.6) is 0 Å². The molecule has 0 aliphatic rings. The van der Waals surface area contributed by atoms with E-state index in [2.05, 4.69) is 10.3 Å². The zero-order chi connectivity index (χ0) is 14.6. The smallest absolute Gasteiger partial charge is 0.337 e. The van der Waals surface area contributed by atoms with Gasteiger partial charge in [-0.15, -0.1) is 0 Å². The highest BCUT2D eigenvalue weighted by Crippen LogP contribution is 2.06. The van der Waals surface area contributed by atoms with Gasteiger partial charge in [0.2, 0.25) is 5.91 Å². The third-order valence-electron chi connectivity index (χ3n) is 2.45. The number of carbonyl (C=O) groups excluding carboxylic acids is 2. The third-order valence-corrected chi connectivity index (χ3v) is 2.45. The van der Waals surface area contributed by atoms with Crippen molar-refractivity contribution in [2.24, 2.45) is 0 Å². The van der Waals surface area contributed by atoms with E-state index in [4.69, 9.17) is 5.11 Å². The minimum absolute atomic E-state index is 0.0425. The minimum atomic E-state index is -1.10. The van der Waals surface area contributed by atoms with E-state index in [0.29, 0.717) is 0 Å². The molecule has 0 aliphatic carbocycles. The fourth-order valence-electron chi connectivity index (χ4n) is 1.32. The maximum absolute atomic E-state index is 11.7. The van der Waals surface area contributed by atoms with E-state index in [-0.39, 0.29) is 29.4 Å². The van der Waals surface area contributed by atoms with Crippen LogP contribution in [-0.2, 0) is 4.79 Å². The van der Waals surface area contributed by atoms with Gasteiger partial charge in [0.05, 0.1) is 17.8 Å². The highest BCUT2D eigenvalue weighted by Gasteiger charge is 2.14. The van der Waals surface area contributed by atoms with Crippen LogP contribution in [0, 0.1) is 6.92 Å². The molecular weight excluding hydrogens is 250 g/mol. The summed E-state index contributed by atoms with van der Waals surface area (Å²) in [5, 5.41) is 11.3. The monoisotopic (exact) mass is 265 g/mol. The number of carbonyl (C=O) groups is 3. The van der Waals surface area contributed by atoms with E-state index in [0.717, 1.165) is 0 Å². The predicted molar refractivity (Wildman–Crippen MR) is 67.0 cm³/mol. The van der Waals surface area contributed by atoms with Gasteiger partial charge in [-0.2, -0.15) is 0 Å². The molecule has 0 saturated heterocycles. The molecule has 2 amide bonds. The van der Waals surface area contributed by atoms with Crippen LogP contribution in [0.3, 0.4) is 0 Å². The summed E-state index contributed by atoms with van der Waals surface area (Å²) in [7, 11) is 3.16. The number of aromatic nitrogens is 1. The highest BCUT2D eigenvalue weighted by molar-refractivity contribution is 5.96. The summed E-state index contributed by atoms with van der Waals surface area (Å²) in [6.45, 7) is 1.37. The second kappa shape index (κ2) is 5.94. The Morgan fingerprint density at radius 2 is 1.95 bits per heavy atom. The van der Waals surface area contributed by atoms with Crippen LogP contribution in [-0.4, -0.2) is 53.4 Å². The minimum Gasteiger partial charge on any atom is -0.478 e. The summed E-state index contributed by atoms with van der Waals surface area (Å²) in [4.78, 5) is 39.1. The van der Waals surface area contributed by atoms with Crippen LogP contribution < -0.4 is 5.32 Å². The molecule has 0 saturated carbocycles. The summed E-state index contributed by atoms with van der Waals surface area (Å²) in [6.07, 6.45) is 0. The molecule has 1 aromatic rings. The lowest BCUT2D eigenvalue weighted by Crippen LogP contribution is -2.36. The largest absolute Gasteiger partial charge is 0.478 e. The second-order valence-corrected chi connectivity index (χ2v) is 4.11. The SMILES string of the molecule is Cc1nc(C(=O)NCC(=O)N(C)C)ccc1C(=O)O. The number of nitrogens with one attached hydrogen (secondary N) is 1. The Morgan fingerprint density at radius 1 is 1.32 bits per heavy atom. The van der Waals surface area contributed by atoms with Crippen molar-refractivity contribution in [3.63, 3.8) is 0 Å². The zero-order valence-corrected chi connectivity index (χ0v) is 10.9. The predicted octanol–water partition coefficient (Wildman–Crippen LogP) is -0.0938. The van der Waals surface area contributed by atoms with Crippen molar-refractivity contribution in [2.75, 3.05) is 20.6 Å². The number of hydrogen-bond acceptors (Lipinski definition) is 4. The number of aryl methyl sites for hydroxylation is 1. The van der Waals surface area contributed by atoms with Crippen LogP contribution in [0.4, 0.5) is 0 Å². The molecule has 0 bridgehead atoms. The van der Waals surface area contributed by atoms with E-state index in [9.17, 15) is 14.4 Å². The first-order valence-electron chi connectivity index (χ1n) is 5.52. The first-order chi connectivity index (χ1) is 8.82. The molecule has 7 heteroatoms. The number of amides is 2. The summed E-state index contributed by atoms with van der Waals surface area (Å²) in [6, 6.07) is 2.62. The Bertz CT molecular complexity index is 526. The molecule has 19 heavy (non-hydrogen) atoms. The maximum Gasteiger partial charge on any atom is 0.337 e. The number of nitrogens with zero attached hydrogens (tertiary/aromatic N) is 2. The molecule has 0 aliphatic heterocycles. The Hall–Kier alpha value is -2.44. The molecular formula is C12H15N3O4. The molecule has 1 aromatic heterocycles. The van der Waals surface area contributed by atoms with Crippen molar-refractivity contribution < 1.29 is 19.5 Å². The van der Waals surface area contributed by atoms with Crippen LogP contribution in [0.15, 0.2) is 12.1 Å². The third kappa shape index (κ3) is 3.77. The lowest BCUT2D eigenvalue weighted by atomic mass is 10.2. The fourth-order valence-corrected chi connectivity index (χ4v) is 1.32. The van der Waals surface area contributed by atoms with Gasteiger partial charge in [-0.25, -0.2) is 9.78 Å². The van der Waals surface area contributed by atoms with Crippen LogP contribution >= 0.6 is 0 Å². The number of aromatic carboxylic acids is 1. The molecule has 0 fully saturated rings. The van der Waals surface area contributed by atoms with Gasteiger partial charge < -0.3 is 15.3 Å². The molecule has 0 spiro atoms. The van der Waals surface area contributed by atoms with Gasteiger partial charge in [-0.1, -0.05) is 0 Å². The zero-order valence-electron chi connectivity index (χ0n) is 10.9. The topological polar surface area (TPSA) is 99.6 Å². The Balaban J connectivity index is 2.76. The molecule has 0 atom stereocenters. The number of pyridine rings is 1. The van der Waals surface area contributed by atoms with Crippen LogP contribution in [0.25, 0.3) is 0 Å². The molecule has 0 radical (unpaired) electrons. The summed E-state index contributed by atoms with van der Waals surface area (Å²) in [5.74, 6) is -1.86. The van der Waals surface area contributed by atoms with Gasteiger partial charge in [0, 0.05) is 14.1 Å². The summed E-state index contributed by atoms with van der Waals surface area (Å²) >= 11 is 0. The van der Waals surface area contributed by atoms with E-state index < -0.39 is 11.9 Å². The fraction of sp³-hybridized carbons (Fsp3) is 0.333. The number of carboxylic acids is 1. The van der Waals surface area contributed by atoms with Gasteiger partial charge in [0.15, 0.2) is 0 Å². The van der Waals surface area contributed by atoms with Crippen molar-refractivity contribution in [2.45, 2.75) is 6.92 Å². The van der Waals surface area contributed by atoms with Crippen molar-refractivity contribution in [1.82, 2.24) is 15.2 Å². The molecule has 0 aromatic carbocycles. The average molecular weight is 265 g/mol. The molecule has 1 rings (SSSR count). The molecule has 1 heterocycles. The van der Waals surface area contributed by atoms with Gasteiger partial charge >= 0.3 is 5.97 Å². The number of likely N-dealkylation sites (N-methyl/N-ethyl adjacent to an activating group) is 1. The van der Waals surface area contributed by atoms with Crippen molar-refractivity contribution in [1.29, 1.82) is 0 Å². The Kier molecular flexibility index (Phi) is 4.57. The first-order valence-corrected chi connectivity index (χ1v) is 5.52. The van der Waals surface area contributed by atoms with Gasteiger partial charge in [0.1, 0.15) is 5.69 Å². The number of hydrogen-bond donors (Lipinski definition) is 2. The quantitative estimate of drug-likeness (QED) is 0.792. The second-order valence-electron chi connectivity index (χ2n) is 4.11. The highest BCUT2D eigenvalue weighted by atomic mass is 16.4. The molecule has 2 N–H and O–H groups in total. The average Bonchev–Trinajstić information content (AvgIpc) is 2.34. The van der Waals surface area contributed by atoms with E-state index >= 15 is 0 Å². The number of carboxylic acid groups (broad SMARTS) is 1. The first kappa shape index (κ1) is 14.6. The van der Waals surface area contributed by atoms with Gasteiger partial charge in [-0.05, 0) is 19.1 Å². The lowest BCUT2D eigenvalue weighted by Gasteiger charge is -2.11. The summed E-state index contributed by atoms with van der Waals surface area (Å²) < 4.78 is 0. The molecule has 102 valence electrons. The van der Waals surface area contributed by atoms with E-state index in [1.807, 2.05) is 0 Å². The summed E-state index contributed by atoms with van der Waals surface area (Å²) in [5.41, 5.74) is 0.370. The lowest BCUT2D eigenvalue weighted by molar-refractivity contribution is -0.127. The van der Waals surface area contributed by atoms with Crippen molar-refractivity contribution >= 4 is 17.8 Å². The van der Waals surface area contributed by atoms with Crippen LogP contribution in [0.1, 0.15) is 26.5 Å².